The second-order valence-corrected chi connectivity index (χ2v) is 10.8. The molecule has 214 valence electrons. The van der Waals surface area contributed by atoms with E-state index < -0.39 is 30.1 Å². The summed E-state index contributed by atoms with van der Waals surface area (Å²) in [6.45, 7) is 13.7. The number of rotatable bonds is 16. The van der Waals surface area contributed by atoms with Gasteiger partial charge in [0.25, 0.3) is 0 Å². The minimum absolute atomic E-state index is 0.0898. The van der Waals surface area contributed by atoms with Crippen LogP contribution in [0.1, 0.15) is 79.7 Å². The predicted molar refractivity (Wildman–Crippen MR) is 144 cm³/mol. The normalized spacial score (nSPS) is 12.8. The molecule has 1 unspecified atom stereocenters. The van der Waals surface area contributed by atoms with Crippen molar-refractivity contribution in [2.24, 2.45) is 17.8 Å². The van der Waals surface area contributed by atoms with E-state index in [0.29, 0.717) is 17.9 Å². The molecule has 0 heterocycles. The molecule has 0 aliphatic rings. The summed E-state index contributed by atoms with van der Waals surface area (Å²) in [5, 5.41) is 3.10. The first-order chi connectivity index (χ1) is 17.8. The molecule has 0 spiro atoms. The zero-order valence-corrected chi connectivity index (χ0v) is 24.1. The highest BCUT2D eigenvalue weighted by Crippen LogP contribution is 2.30. The van der Waals surface area contributed by atoms with Crippen molar-refractivity contribution < 1.29 is 38.1 Å². The van der Waals surface area contributed by atoms with Gasteiger partial charge < -0.3 is 24.3 Å². The number of carbonyl (C=O) groups is 4. The molecule has 0 amide bonds. The Kier molecular flexibility index (Phi) is 14.6. The van der Waals surface area contributed by atoms with Gasteiger partial charge in [-0.3, -0.25) is 19.2 Å². The number of nitrogens with one attached hydrogen (secondary N) is 1. The molecule has 0 bridgehead atoms. The van der Waals surface area contributed by atoms with E-state index in [-0.39, 0.29) is 55.1 Å². The van der Waals surface area contributed by atoms with Crippen LogP contribution in [0, 0.1) is 17.8 Å². The maximum absolute atomic E-state index is 12.5. The molecule has 9 nitrogen and oxygen atoms in total. The summed E-state index contributed by atoms with van der Waals surface area (Å²) < 4.78 is 21.4. The molecule has 0 aliphatic heterocycles. The van der Waals surface area contributed by atoms with E-state index in [1.807, 2.05) is 41.5 Å². The lowest BCUT2D eigenvalue weighted by molar-refractivity contribution is -0.148. The Morgan fingerprint density at radius 3 is 1.89 bits per heavy atom. The number of hydrogen-bond donors (Lipinski definition) is 1. The van der Waals surface area contributed by atoms with Crippen molar-refractivity contribution in [3.63, 3.8) is 0 Å². The van der Waals surface area contributed by atoms with Crippen LogP contribution >= 0.6 is 0 Å². The SMILES string of the molecule is COC(=O)[C@H](Cc1ccc(OC(=O)CC(C)C)c(OC(=O)CC(C)C)c1)NCC(C)OC(=O)CCC(C)C. The molecule has 1 aromatic rings. The average Bonchev–Trinajstić information content (AvgIpc) is 2.80. The number of hydrogen-bond acceptors (Lipinski definition) is 9. The third-order valence-corrected chi connectivity index (χ3v) is 5.44. The molecule has 1 rings (SSSR count). The Balaban J connectivity index is 3.00. The molecule has 1 N–H and O–H groups in total. The van der Waals surface area contributed by atoms with E-state index in [1.165, 1.54) is 7.11 Å². The highest BCUT2D eigenvalue weighted by Gasteiger charge is 2.23. The maximum Gasteiger partial charge on any atom is 0.323 e. The van der Waals surface area contributed by atoms with Gasteiger partial charge in [0.2, 0.25) is 0 Å². The van der Waals surface area contributed by atoms with Gasteiger partial charge in [0.1, 0.15) is 12.1 Å². The first-order valence-corrected chi connectivity index (χ1v) is 13.4. The van der Waals surface area contributed by atoms with E-state index >= 15 is 0 Å². The monoisotopic (exact) mass is 535 g/mol. The number of methoxy groups -OCH3 is 1. The van der Waals surface area contributed by atoms with Gasteiger partial charge in [-0.15, -0.1) is 0 Å². The van der Waals surface area contributed by atoms with Crippen LogP contribution in [0.25, 0.3) is 0 Å². The molecule has 0 saturated heterocycles. The average molecular weight is 536 g/mol. The van der Waals surface area contributed by atoms with Crippen molar-refractivity contribution in [1.82, 2.24) is 5.32 Å². The number of carbonyl (C=O) groups excluding carboxylic acids is 4. The van der Waals surface area contributed by atoms with Gasteiger partial charge in [-0.2, -0.15) is 0 Å². The molecule has 0 radical (unpaired) electrons. The molecule has 0 aromatic heterocycles. The van der Waals surface area contributed by atoms with E-state index in [4.69, 9.17) is 18.9 Å². The van der Waals surface area contributed by atoms with Gasteiger partial charge in [-0.25, -0.2) is 0 Å². The number of esters is 4. The lowest BCUT2D eigenvalue weighted by atomic mass is 10.0. The molecule has 0 fully saturated rings. The number of ether oxygens (including phenoxy) is 4. The minimum Gasteiger partial charge on any atom is -0.468 e. The molecule has 1 aromatic carbocycles. The van der Waals surface area contributed by atoms with Gasteiger partial charge in [-0.05, 0) is 55.2 Å². The summed E-state index contributed by atoms with van der Waals surface area (Å²) in [5.74, 6) is -0.799. The Morgan fingerprint density at radius 2 is 1.37 bits per heavy atom. The quantitative estimate of drug-likeness (QED) is 0.239. The standard InChI is InChI=1S/C29H45NO8/c1-18(2)9-12-26(31)36-21(7)17-30-23(29(34)35-8)15-22-10-11-24(37-27(32)13-19(3)4)25(16-22)38-28(33)14-20(5)6/h10-11,16,18-21,23,30H,9,12-15,17H2,1-8H3/t21?,23-/m0/s1. The van der Waals surface area contributed by atoms with Crippen LogP contribution < -0.4 is 14.8 Å². The number of benzene rings is 1. The highest BCUT2D eigenvalue weighted by atomic mass is 16.6. The van der Waals surface area contributed by atoms with E-state index in [1.54, 1.807) is 25.1 Å². The lowest BCUT2D eigenvalue weighted by Gasteiger charge is -2.20. The second kappa shape index (κ2) is 16.8. The summed E-state index contributed by atoms with van der Waals surface area (Å²) in [7, 11) is 1.29. The summed E-state index contributed by atoms with van der Waals surface area (Å²) in [6.07, 6.45) is 1.26. The van der Waals surface area contributed by atoms with Crippen LogP contribution in [0.3, 0.4) is 0 Å². The van der Waals surface area contributed by atoms with Gasteiger partial charge in [0.15, 0.2) is 11.5 Å². The third kappa shape index (κ3) is 13.6. The summed E-state index contributed by atoms with van der Waals surface area (Å²) in [4.78, 5) is 49.1. The van der Waals surface area contributed by atoms with Crippen molar-refractivity contribution in [2.75, 3.05) is 13.7 Å². The van der Waals surface area contributed by atoms with Gasteiger partial charge in [-0.1, -0.05) is 47.6 Å². The fraction of sp³-hybridized carbons (Fsp3) is 0.655. The van der Waals surface area contributed by atoms with Crippen LogP contribution in [0.4, 0.5) is 0 Å². The van der Waals surface area contributed by atoms with Crippen molar-refractivity contribution in [3.8, 4) is 11.5 Å². The molecular weight excluding hydrogens is 490 g/mol. The third-order valence-electron chi connectivity index (χ3n) is 5.44. The van der Waals surface area contributed by atoms with Crippen molar-refractivity contribution >= 4 is 23.9 Å². The van der Waals surface area contributed by atoms with Crippen molar-refractivity contribution in [3.05, 3.63) is 23.8 Å². The summed E-state index contributed by atoms with van der Waals surface area (Å²) in [5.41, 5.74) is 0.658. The van der Waals surface area contributed by atoms with Crippen LogP contribution in [0.15, 0.2) is 18.2 Å². The lowest BCUT2D eigenvalue weighted by Crippen LogP contribution is -2.43. The van der Waals surface area contributed by atoms with E-state index in [0.717, 1.165) is 6.42 Å². The first kappa shape index (κ1) is 33.1. The van der Waals surface area contributed by atoms with Gasteiger partial charge >= 0.3 is 23.9 Å². The highest BCUT2D eigenvalue weighted by molar-refractivity contribution is 5.77. The summed E-state index contributed by atoms with van der Waals surface area (Å²) >= 11 is 0. The molecule has 38 heavy (non-hydrogen) atoms. The zero-order valence-electron chi connectivity index (χ0n) is 24.1. The van der Waals surface area contributed by atoms with Gasteiger partial charge in [0.05, 0.1) is 7.11 Å². The topological polar surface area (TPSA) is 117 Å². The van der Waals surface area contributed by atoms with Crippen molar-refractivity contribution in [2.45, 2.75) is 92.7 Å². The Bertz CT molecular complexity index is 925. The van der Waals surface area contributed by atoms with E-state index in [9.17, 15) is 19.2 Å². The fourth-order valence-electron chi connectivity index (χ4n) is 3.50. The largest absolute Gasteiger partial charge is 0.468 e. The van der Waals surface area contributed by atoms with Crippen LogP contribution in [0.5, 0.6) is 11.5 Å². The van der Waals surface area contributed by atoms with Crippen LogP contribution in [-0.2, 0) is 35.1 Å². The van der Waals surface area contributed by atoms with E-state index in [2.05, 4.69) is 5.32 Å². The first-order valence-electron chi connectivity index (χ1n) is 13.4. The molecular formula is C29H45NO8. The molecule has 0 saturated carbocycles. The smallest absolute Gasteiger partial charge is 0.323 e. The van der Waals surface area contributed by atoms with Crippen LogP contribution in [-0.4, -0.2) is 49.7 Å². The summed E-state index contributed by atoms with van der Waals surface area (Å²) in [6, 6.07) is 4.10. The van der Waals surface area contributed by atoms with Crippen molar-refractivity contribution in [1.29, 1.82) is 0 Å². The van der Waals surface area contributed by atoms with Crippen LogP contribution in [0.2, 0.25) is 0 Å². The Hall–Kier alpha value is -2.94. The zero-order chi connectivity index (χ0) is 28.8. The van der Waals surface area contributed by atoms with Gasteiger partial charge in [0, 0.05) is 25.8 Å². The minimum atomic E-state index is -0.745. The molecule has 0 aliphatic carbocycles. The maximum atomic E-state index is 12.5. The predicted octanol–water partition coefficient (Wildman–Crippen LogP) is 4.63. The second-order valence-electron chi connectivity index (χ2n) is 10.8. The molecule has 9 heteroatoms. The molecule has 2 atom stereocenters. The Morgan fingerprint density at radius 1 is 0.789 bits per heavy atom. The fourth-order valence-corrected chi connectivity index (χ4v) is 3.50. The Labute approximate surface area is 226 Å².